The van der Waals surface area contributed by atoms with Gasteiger partial charge in [0, 0.05) is 11.8 Å². The number of hydrogen-bond acceptors (Lipinski definition) is 2. The second kappa shape index (κ2) is 5.00. The molecule has 2 aromatic rings. The van der Waals surface area contributed by atoms with Crippen LogP contribution in [0.25, 0.3) is 11.3 Å². The minimum atomic E-state index is -1.36. The SMILES string of the molecule is C[Si](C)(C)c1ccnc(-c2ccc(Cl)nc2Cl)c1. The van der Waals surface area contributed by atoms with Gasteiger partial charge in [0.15, 0.2) is 0 Å². The Bertz CT molecular complexity index is 579. The maximum atomic E-state index is 6.11. The van der Waals surface area contributed by atoms with E-state index in [-0.39, 0.29) is 0 Å². The van der Waals surface area contributed by atoms with Gasteiger partial charge in [0.2, 0.25) is 0 Å². The van der Waals surface area contributed by atoms with E-state index in [0.29, 0.717) is 10.3 Å². The third-order valence-corrected chi connectivity index (χ3v) is 5.26. The Balaban J connectivity index is 2.51. The highest BCUT2D eigenvalue weighted by Crippen LogP contribution is 2.25. The monoisotopic (exact) mass is 296 g/mol. The van der Waals surface area contributed by atoms with E-state index in [9.17, 15) is 0 Å². The Labute approximate surface area is 118 Å². The van der Waals surface area contributed by atoms with Gasteiger partial charge in [-0.3, -0.25) is 4.98 Å². The largest absolute Gasteiger partial charge is 0.256 e. The Hall–Kier alpha value is -0.903. The Kier molecular flexibility index (Phi) is 3.75. The van der Waals surface area contributed by atoms with Crippen molar-refractivity contribution in [2.75, 3.05) is 0 Å². The van der Waals surface area contributed by atoms with Crippen molar-refractivity contribution in [2.24, 2.45) is 0 Å². The number of hydrogen-bond donors (Lipinski definition) is 0. The maximum Gasteiger partial charge on any atom is 0.140 e. The van der Waals surface area contributed by atoms with Gasteiger partial charge in [0.25, 0.3) is 0 Å². The predicted octanol–water partition coefficient (Wildman–Crippen LogP) is 4.00. The van der Waals surface area contributed by atoms with Crippen LogP contribution in [0.5, 0.6) is 0 Å². The molecule has 2 aromatic heterocycles. The van der Waals surface area contributed by atoms with Gasteiger partial charge in [-0.25, -0.2) is 4.98 Å². The fourth-order valence-corrected chi connectivity index (χ4v) is 3.23. The van der Waals surface area contributed by atoms with Crippen LogP contribution in [0.2, 0.25) is 29.9 Å². The lowest BCUT2D eigenvalue weighted by Gasteiger charge is -2.17. The van der Waals surface area contributed by atoms with Gasteiger partial charge in [-0.05, 0) is 24.3 Å². The summed E-state index contributed by atoms with van der Waals surface area (Å²) in [6.45, 7) is 6.90. The summed E-state index contributed by atoms with van der Waals surface area (Å²) in [7, 11) is -1.36. The minimum absolute atomic E-state index is 0.391. The number of pyridine rings is 2. The minimum Gasteiger partial charge on any atom is -0.256 e. The van der Waals surface area contributed by atoms with E-state index in [0.717, 1.165) is 11.3 Å². The first-order valence-electron chi connectivity index (χ1n) is 5.67. The van der Waals surface area contributed by atoms with Crippen molar-refractivity contribution in [3.8, 4) is 11.3 Å². The van der Waals surface area contributed by atoms with Crippen LogP contribution in [0.1, 0.15) is 0 Å². The molecule has 0 amide bonds. The first kappa shape index (κ1) is 13.5. The molecular weight excluding hydrogens is 283 g/mol. The molecule has 0 aliphatic rings. The summed E-state index contributed by atoms with van der Waals surface area (Å²) in [5, 5.41) is 2.13. The van der Waals surface area contributed by atoms with Crippen molar-refractivity contribution in [1.29, 1.82) is 0 Å². The van der Waals surface area contributed by atoms with Crippen LogP contribution >= 0.6 is 23.2 Å². The second-order valence-electron chi connectivity index (χ2n) is 5.15. The van der Waals surface area contributed by atoms with Gasteiger partial charge >= 0.3 is 0 Å². The number of aromatic nitrogens is 2. The topological polar surface area (TPSA) is 25.8 Å². The van der Waals surface area contributed by atoms with E-state index in [2.05, 4.69) is 41.7 Å². The molecule has 18 heavy (non-hydrogen) atoms. The molecular formula is C13H14Cl2N2Si. The molecule has 5 heteroatoms. The average molecular weight is 297 g/mol. The lowest BCUT2D eigenvalue weighted by Crippen LogP contribution is -2.37. The summed E-state index contributed by atoms with van der Waals surface area (Å²) in [5.74, 6) is 0. The zero-order chi connectivity index (χ0) is 13.3. The summed E-state index contributed by atoms with van der Waals surface area (Å²) in [4.78, 5) is 8.41. The van der Waals surface area contributed by atoms with Crippen molar-refractivity contribution in [3.05, 3.63) is 40.8 Å². The summed E-state index contributed by atoms with van der Waals surface area (Å²) < 4.78 is 0. The maximum absolute atomic E-state index is 6.11. The normalized spacial score (nSPS) is 11.6. The van der Waals surface area contributed by atoms with Crippen molar-refractivity contribution < 1.29 is 0 Å². The van der Waals surface area contributed by atoms with Crippen molar-refractivity contribution >= 4 is 36.5 Å². The average Bonchev–Trinajstić information content (AvgIpc) is 2.28. The summed E-state index contributed by atoms with van der Waals surface area (Å²) in [6.07, 6.45) is 1.83. The quantitative estimate of drug-likeness (QED) is 0.618. The van der Waals surface area contributed by atoms with Gasteiger partial charge in [0.1, 0.15) is 10.3 Å². The predicted molar refractivity (Wildman–Crippen MR) is 80.5 cm³/mol. The molecule has 2 nitrogen and oxygen atoms in total. The fraction of sp³-hybridized carbons (Fsp3) is 0.231. The molecule has 0 fully saturated rings. The Morgan fingerprint density at radius 3 is 2.39 bits per heavy atom. The number of halogens is 2. The molecule has 0 saturated heterocycles. The van der Waals surface area contributed by atoms with E-state index >= 15 is 0 Å². The van der Waals surface area contributed by atoms with Gasteiger partial charge in [-0.1, -0.05) is 48.0 Å². The molecule has 0 aromatic carbocycles. The van der Waals surface area contributed by atoms with Crippen molar-refractivity contribution in [1.82, 2.24) is 9.97 Å². The van der Waals surface area contributed by atoms with Crippen molar-refractivity contribution in [2.45, 2.75) is 19.6 Å². The molecule has 0 atom stereocenters. The van der Waals surface area contributed by atoms with E-state index < -0.39 is 8.07 Å². The molecule has 2 heterocycles. The van der Waals surface area contributed by atoms with Gasteiger partial charge in [0.05, 0.1) is 13.8 Å². The van der Waals surface area contributed by atoms with Crippen molar-refractivity contribution in [3.63, 3.8) is 0 Å². The molecule has 0 saturated carbocycles. The first-order valence-corrected chi connectivity index (χ1v) is 9.92. The number of rotatable bonds is 2. The third kappa shape index (κ3) is 2.91. The van der Waals surface area contributed by atoms with Crippen LogP contribution in [0.15, 0.2) is 30.5 Å². The van der Waals surface area contributed by atoms with Gasteiger partial charge in [-0.2, -0.15) is 0 Å². The Morgan fingerprint density at radius 1 is 1.06 bits per heavy atom. The fourth-order valence-electron chi connectivity index (χ4n) is 1.65. The van der Waals surface area contributed by atoms with Crippen LogP contribution in [-0.4, -0.2) is 18.0 Å². The molecule has 0 unspecified atom stereocenters. The highest BCUT2D eigenvalue weighted by atomic mass is 35.5. The molecule has 0 spiro atoms. The number of nitrogens with zero attached hydrogens (tertiary/aromatic N) is 2. The lowest BCUT2D eigenvalue weighted by atomic mass is 10.2. The molecule has 2 rings (SSSR count). The molecule has 0 bridgehead atoms. The summed E-state index contributed by atoms with van der Waals surface area (Å²) >= 11 is 11.9. The van der Waals surface area contributed by atoms with E-state index in [1.54, 1.807) is 6.07 Å². The smallest absolute Gasteiger partial charge is 0.140 e. The van der Waals surface area contributed by atoms with Crippen LogP contribution in [0.3, 0.4) is 0 Å². The highest BCUT2D eigenvalue weighted by Gasteiger charge is 2.17. The zero-order valence-corrected chi connectivity index (χ0v) is 13.0. The van der Waals surface area contributed by atoms with E-state index in [4.69, 9.17) is 23.2 Å². The second-order valence-corrected chi connectivity index (χ2v) is 11.0. The van der Waals surface area contributed by atoms with Crippen LogP contribution in [0, 0.1) is 0 Å². The van der Waals surface area contributed by atoms with Crippen LogP contribution in [0.4, 0.5) is 0 Å². The lowest BCUT2D eigenvalue weighted by molar-refractivity contribution is 1.28. The van der Waals surface area contributed by atoms with E-state index in [1.165, 1.54) is 5.19 Å². The first-order chi connectivity index (χ1) is 8.38. The standard InChI is InChI=1S/C13H14Cl2N2Si/c1-18(2,3)9-6-7-16-11(8-9)10-4-5-12(14)17-13(10)15/h4-8H,1-3H3. The van der Waals surface area contributed by atoms with E-state index in [1.807, 2.05) is 12.3 Å². The van der Waals surface area contributed by atoms with Crippen LogP contribution in [-0.2, 0) is 0 Å². The van der Waals surface area contributed by atoms with Gasteiger partial charge in [-0.15, -0.1) is 0 Å². The molecule has 0 radical (unpaired) electrons. The van der Waals surface area contributed by atoms with Gasteiger partial charge < -0.3 is 0 Å². The Morgan fingerprint density at radius 2 is 1.78 bits per heavy atom. The molecule has 94 valence electrons. The third-order valence-electron chi connectivity index (χ3n) is 2.72. The highest BCUT2D eigenvalue weighted by molar-refractivity contribution is 6.88. The zero-order valence-electron chi connectivity index (χ0n) is 10.5. The summed E-state index contributed by atoms with van der Waals surface area (Å²) in [5.41, 5.74) is 1.67. The molecule has 0 N–H and O–H groups in total. The molecule has 0 aliphatic heterocycles. The molecule has 0 aliphatic carbocycles. The van der Waals surface area contributed by atoms with Crippen LogP contribution < -0.4 is 5.19 Å². The summed E-state index contributed by atoms with van der Waals surface area (Å²) in [6, 6.07) is 7.76.